The van der Waals surface area contributed by atoms with E-state index in [1.807, 2.05) is 24.3 Å². The molecule has 1 aromatic carbocycles. The summed E-state index contributed by atoms with van der Waals surface area (Å²) in [5.41, 5.74) is 1.04. The van der Waals surface area contributed by atoms with Gasteiger partial charge in [-0.1, -0.05) is 31.9 Å². The summed E-state index contributed by atoms with van der Waals surface area (Å²) in [6, 6.07) is 8.04. The van der Waals surface area contributed by atoms with Crippen molar-refractivity contribution in [2.75, 3.05) is 0 Å². The summed E-state index contributed by atoms with van der Waals surface area (Å²) in [5, 5.41) is 10.4. The van der Waals surface area contributed by atoms with Gasteiger partial charge in [0.15, 0.2) is 0 Å². The SMILES string of the molecule is CC1CCCC1C(O)c1ccc(OC2CC2)cc1. The number of hydrogen-bond acceptors (Lipinski definition) is 2. The standard InChI is InChI=1S/C16H22O2/c1-11-3-2-4-15(11)16(17)12-5-7-13(8-6-12)18-14-9-10-14/h5-8,11,14-17H,2-4,9-10H2,1H3. The van der Waals surface area contributed by atoms with Gasteiger partial charge in [-0.15, -0.1) is 0 Å². The van der Waals surface area contributed by atoms with E-state index in [1.54, 1.807) is 0 Å². The quantitative estimate of drug-likeness (QED) is 0.877. The fourth-order valence-corrected chi connectivity index (χ4v) is 3.01. The zero-order chi connectivity index (χ0) is 12.5. The van der Waals surface area contributed by atoms with Gasteiger partial charge in [-0.2, -0.15) is 0 Å². The summed E-state index contributed by atoms with van der Waals surface area (Å²) < 4.78 is 5.72. The van der Waals surface area contributed by atoms with Crippen molar-refractivity contribution >= 4 is 0 Å². The molecule has 0 spiro atoms. The van der Waals surface area contributed by atoms with Gasteiger partial charge < -0.3 is 9.84 Å². The van der Waals surface area contributed by atoms with Crippen molar-refractivity contribution in [1.29, 1.82) is 0 Å². The van der Waals surface area contributed by atoms with Gasteiger partial charge in [0.2, 0.25) is 0 Å². The highest BCUT2D eigenvalue weighted by atomic mass is 16.5. The Hall–Kier alpha value is -1.02. The predicted octanol–water partition coefficient (Wildman–Crippen LogP) is 3.70. The summed E-state index contributed by atoms with van der Waals surface area (Å²) in [4.78, 5) is 0. The minimum Gasteiger partial charge on any atom is -0.490 e. The number of ether oxygens (including phenoxy) is 1. The first kappa shape index (κ1) is 12.0. The fraction of sp³-hybridized carbons (Fsp3) is 0.625. The van der Waals surface area contributed by atoms with Crippen LogP contribution >= 0.6 is 0 Å². The Balaban J connectivity index is 1.67. The van der Waals surface area contributed by atoms with Crippen molar-refractivity contribution in [3.63, 3.8) is 0 Å². The summed E-state index contributed by atoms with van der Waals surface area (Å²) in [7, 11) is 0. The maximum Gasteiger partial charge on any atom is 0.119 e. The Morgan fingerprint density at radius 1 is 1.11 bits per heavy atom. The Bertz CT molecular complexity index is 394. The monoisotopic (exact) mass is 246 g/mol. The summed E-state index contributed by atoms with van der Waals surface area (Å²) >= 11 is 0. The maximum absolute atomic E-state index is 10.4. The van der Waals surface area contributed by atoms with E-state index in [1.165, 1.54) is 25.7 Å². The molecule has 2 saturated carbocycles. The Labute approximate surface area is 109 Å². The second-order valence-corrected chi connectivity index (χ2v) is 5.90. The molecular formula is C16H22O2. The van der Waals surface area contributed by atoms with E-state index >= 15 is 0 Å². The Morgan fingerprint density at radius 3 is 2.39 bits per heavy atom. The van der Waals surface area contributed by atoms with Gasteiger partial charge in [-0.3, -0.25) is 0 Å². The molecule has 2 nitrogen and oxygen atoms in total. The van der Waals surface area contributed by atoms with Crippen LogP contribution in [0.15, 0.2) is 24.3 Å². The van der Waals surface area contributed by atoms with E-state index in [2.05, 4.69) is 6.92 Å². The van der Waals surface area contributed by atoms with Gasteiger partial charge in [0.05, 0.1) is 12.2 Å². The molecule has 18 heavy (non-hydrogen) atoms. The van der Waals surface area contributed by atoms with Crippen LogP contribution in [0, 0.1) is 11.8 Å². The van der Waals surface area contributed by atoms with Crippen LogP contribution in [0.3, 0.4) is 0 Å². The molecule has 0 aromatic heterocycles. The van der Waals surface area contributed by atoms with E-state index in [0.717, 1.165) is 17.7 Å². The van der Waals surface area contributed by atoms with E-state index in [-0.39, 0.29) is 6.10 Å². The topological polar surface area (TPSA) is 29.5 Å². The predicted molar refractivity (Wildman–Crippen MR) is 71.6 cm³/mol. The number of aliphatic hydroxyl groups excluding tert-OH is 1. The highest BCUT2D eigenvalue weighted by molar-refractivity contribution is 5.29. The first-order chi connectivity index (χ1) is 8.74. The lowest BCUT2D eigenvalue weighted by molar-refractivity contribution is 0.0900. The number of hydrogen-bond donors (Lipinski definition) is 1. The molecule has 0 amide bonds. The van der Waals surface area contributed by atoms with Crippen LogP contribution in [0.2, 0.25) is 0 Å². The van der Waals surface area contributed by atoms with Gasteiger partial charge in [0.25, 0.3) is 0 Å². The minimum atomic E-state index is -0.308. The molecule has 1 aromatic rings. The molecule has 3 rings (SSSR count). The zero-order valence-corrected chi connectivity index (χ0v) is 11.0. The Kier molecular flexibility index (Phi) is 3.29. The van der Waals surface area contributed by atoms with Gasteiger partial charge in [0, 0.05) is 0 Å². The van der Waals surface area contributed by atoms with Crippen LogP contribution in [0.1, 0.15) is 50.7 Å². The summed E-state index contributed by atoms with van der Waals surface area (Å²) in [5.74, 6) is 2.01. The van der Waals surface area contributed by atoms with Crippen molar-refractivity contribution in [1.82, 2.24) is 0 Å². The lowest BCUT2D eigenvalue weighted by Gasteiger charge is -2.22. The van der Waals surface area contributed by atoms with Crippen LogP contribution in [-0.4, -0.2) is 11.2 Å². The van der Waals surface area contributed by atoms with Crippen molar-refractivity contribution in [2.45, 2.75) is 51.2 Å². The largest absolute Gasteiger partial charge is 0.490 e. The van der Waals surface area contributed by atoms with E-state index in [0.29, 0.717) is 17.9 Å². The summed E-state index contributed by atoms with van der Waals surface area (Å²) in [6.07, 6.45) is 6.17. The van der Waals surface area contributed by atoms with Gasteiger partial charge in [-0.25, -0.2) is 0 Å². The molecule has 3 atom stereocenters. The average molecular weight is 246 g/mol. The zero-order valence-electron chi connectivity index (χ0n) is 11.0. The first-order valence-electron chi connectivity index (χ1n) is 7.19. The van der Waals surface area contributed by atoms with Gasteiger partial charge >= 0.3 is 0 Å². The molecule has 0 bridgehead atoms. The smallest absolute Gasteiger partial charge is 0.119 e. The average Bonchev–Trinajstić information content (AvgIpc) is 3.09. The van der Waals surface area contributed by atoms with Crippen molar-refractivity contribution in [3.8, 4) is 5.75 Å². The van der Waals surface area contributed by atoms with Crippen molar-refractivity contribution in [3.05, 3.63) is 29.8 Å². The lowest BCUT2D eigenvalue weighted by atomic mass is 9.88. The van der Waals surface area contributed by atoms with Crippen LogP contribution in [0.5, 0.6) is 5.75 Å². The van der Waals surface area contributed by atoms with E-state index in [9.17, 15) is 5.11 Å². The lowest BCUT2D eigenvalue weighted by Crippen LogP contribution is -2.15. The molecule has 2 fully saturated rings. The van der Waals surface area contributed by atoms with Crippen molar-refractivity contribution < 1.29 is 9.84 Å². The molecule has 2 heteroatoms. The van der Waals surface area contributed by atoms with Crippen LogP contribution in [-0.2, 0) is 0 Å². The van der Waals surface area contributed by atoms with Crippen LogP contribution in [0.4, 0.5) is 0 Å². The molecule has 0 aliphatic heterocycles. The Morgan fingerprint density at radius 2 is 1.83 bits per heavy atom. The third-order valence-electron chi connectivity index (χ3n) is 4.38. The third-order valence-corrected chi connectivity index (χ3v) is 4.38. The molecule has 0 saturated heterocycles. The minimum absolute atomic E-state index is 0.308. The molecular weight excluding hydrogens is 224 g/mol. The van der Waals surface area contributed by atoms with E-state index < -0.39 is 0 Å². The third kappa shape index (κ3) is 2.54. The van der Waals surface area contributed by atoms with Crippen molar-refractivity contribution in [2.24, 2.45) is 11.8 Å². The number of benzene rings is 1. The second-order valence-electron chi connectivity index (χ2n) is 5.90. The highest BCUT2D eigenvalue weighted by Crippen LogP contribution is 2.40. The molecule has 0 heterocycles. The van der Waals surface area contributed by atoms with Crippen LogP contribution < -0.4 is 4.74 Å². The van der Waals surface area contributed by atoms with E-state index in [4.69, 9.17) is 4.74 Å². The summed E-state index contributed by atoms with van der Waals surface area (Å²) in [6.45, 7) is 2.26. The molecule has 2 aliphatic carbocycles. The molecule has 1 N–H and O–H groups in total. The van der Waals surface area contributed by atoms with Gasteiger partial charge in [-0.05, 0) is 48.8 Å². The maximum atomic E-state index is 10.4. The van der Waals surface area contributed by atoms with Gasteiger partial charge in [0.1, 0.15) is 5.75 Å². The first-order valence-corrected chi connectivity index (χ1v) is 7.19. The second kappa shape index (κ2) is 4.93. The highest BCUT2D eigenvalue weighted by Gasteiger charge is 2.30. The molecule has 98 valence electrons. The normalized spacial score (nSPS) is 29.2. The van der Waals surface area contributed by atoms with Crippen LogP contribution in [0.25, 0.3) is 0 Å². The fourth-order valence-electron chi connectivity index (χ4n) is 3.01. The number of rotatable bonds is 4. The number of aliphatic hydroxyl groups is 1. The molecule has 0 radical (unpaired) electrons. The molecule has 3 unspecified atom stereocenters. The molecule has 2 aliphatic rings.